The number of hydrogen-bond donors (Lipinski definition) is 1. The van der Waals surface area contributed by atoms with Gasteiger partial charge in [0.15, 0.2) is 0 Å². The van der Waals surface area contributed by atoms with E-state index in [0.717, 1.165) is 25.1 Å². The summed E-state index contributed by atoms with van der Waals surface area (Å²) in [5, 5.41) is 5.41. The molecule has 2 aromatic rings. The van der Waals surface area contributed by atoms with Crippen LogP contribution in [0.2, 0.25) is 0 Å². The molecule has 0 saturated carbocycles. The van der Waals surface area contributed by atoms with Gasteiger partial charge in [0.2, 0.25) is 0 Å². The van der Waals surface area contributed by atoms with Crippen molar-refractivity contribution in [1.29, 1.82) is 0 Å². The maximum absolute atomic E-state index is 12.7. The molecule has 0 radical (unpaired) electrons. The van der Waals surface area contributed by atoms with E-state index in [1.807, 2.05) is 30.1 Å². The Kier molecular flexibility index (Phi) is 4.08. The smallest absolute Gasteiger partial charge is 0.254 e. The summed E-state index contributed by atoms with van der Waals surface area (Å²) in [6, 6.07) is 10.3. The third kappa shape index (κ3) is 2.87. The number of nitrogens with zero attached hydrogens (tertiary/aromatic N) is 1. The van der Waals surface area contributed by atoms with Gasteiger partial charge in [-0.25, -0.2) is 0 Å². The van der Waals surface area contributed by atoms with E-state index in [4.69, 9.17) is 0 Å². The summed E-state index contributed by atoms with van der Waals surface area (Å²) in [5.74, 6) is 0.0873. The lowest BCUT2D eigenvalue weighted by Crippen LogP contribution is -2.30. The van der Waals surface area contributed by atoms with E-state index in [0.29, 0.717) is 0 Å². The lowest BCUT2D eigenvalue weighted by atomic mass is 9.98. The van der Waals surface area contributed by atoms with Gasteiger partial charge in [0.1, 0.15) is 0 Å². The number of carbonyl (C=O) groups is 1. The molecule has 1 unspecified atom stereocenters. The fourth-order valence-corrected chi connectivity index (χ4v) is 3.54. The molecule has 1 N–H and O–H groups in total. The number of hydrogen-bond acceptors (Lipinski definition) is 3. The lowest BCUT2D eigenvalue weighted by Gasteiger charge is -2.25. The zero-order valence-electron chi connectivity index (χ0n) is 12.4. The zero-order chi connectivity index (χ0) is 14.8. The monoisotopic (exact) mass is 300 g/mol. The fraction of sp³-hybridized carbons (Fsp3) is 0.353. The lowest BCUT2D eigenvalue weighted by molar-refractivity contribution is 0.0745. The molecule has 1 amide bonds. The van der Waals surface area contributed by atoms with E-state index in [9.17, 15) is 4.79 Å². The predicted molar refractivity (Wildman–Crippen MR) is 86.7 cm³/mol. The highest BCUT2D eigenvalue weighted by atomic mass is 32.1. The van der Waals surface area contributed by atoms with Crippen molar-refractivity contribution in [2.45, 2.75) is 25.9 Å². The highest BCUT2D eigenvalue weighted by Gasteiger charge is 2.20. The van der Waals surface area contributed by atoms with Crippen molar-refractivity contribution >= 4 is 17.2 Å². The summed E-state index contributed by atoms with van der Waals surface area (Å²) < 4.78 is 0. The van der Waals surface area contributed by atoms with Gasteiger partial charge >= 0.3 is 0 Å². The second kappa shape index (κ2) is 6.00. The number of rotatable bonds is 3. The van der Waals surface area contributed by atoms with E-state index in [1.165, 1.54) is 16.0 Å². The van der Waals surface area contributed by atoms with Crippen LogP contribution in [-0.2, 0) is 13.0 Å². The van der Waals surface area contributed by atoms with Crippen LogP contribution in [0.5, 0.6) is 0 Å². The number of thiophene rings is 1. The largest absolute Gasteiger partial charge is 0.334 e. The normalized spacial score (nSPS) is 15.3. The van der Waals surface area contributed by atoms with E-state index in [1.54, 1.807) is 11.3 Å². The Morgan fingerprint density at radius 2 is 2.19 bits per heavy atom. The van der Waals surface area contributed by atoms with Gasteiger partial charge < -0.3 is 10.2 Å². The van der Waals surface area contributed by atoms with Gasteiger partial charge in [-0.3, -0.25) is 4.79 Å². The summed E-state index contributed by atoms with van der Waals surface area (Å²) in [4.78, 5) is 15.7. The van der Waals surface area contributed by atoms with Crippen molar-refractivity contribution in [3.8, 4) is 0 Å². The number of amides is 1. The Balaban J connectivity index is 1.81. The Hall–Kier alpha value is -1.65. The molecule has 2 heterocycles. The molecule has 1 aromatic heterocycles. The third-order valence-corrected chi connectivity index (χ3v) is 5.24. The average Bonchev–Trinajstić information content (AvgIpc) is 3.06. The Bertz CT molecular complexity index is 636. The third-order valence-electron chi connectivity index (χ3n) is 4.20. The number of benzene rings is 1. The molecule has 0 aliphatic carbocycles. The topological polar surface area (TPSA) is 32.3 Å². The molecule has 0 saturated heterocycles. The minimum atomic E-state index is 0.0873. The Labute approximate surface area is 129 Å². The van der Waals surface area contributed by atoms with Gasteiger partial charge in [-0.05, 0) is 54.6 Å². The van der Waals surface area contributed by atoms with Crippen LogP contribution in [0.1, 0.15) is 39.3 Å². The average molecular weight is 300 g/mol. The quantitative estimate of drug-likeness (QED) is 0.944. The summed E-state index contributed by atoms with van der Waals surface area (Å²) in [6.45, 7) is 3.96. The summed E-state index contributed by atoms with van der Waals surface area (Å²) >= 11 is 1.69. The minimum absolute atomic E-state index is 0.0873. The van der Waals surface area contributed by atoms with Crippen molar-refractivity contribution in [2.75, 3.05) is 13.6 Å². The first-order valence-electron chi connectivity index (χ1n) is 7.30. The predicted octanol–water partition coefficient (Wildman–Crippen LogP) is 3.23. The van der Waals surface area contributed by atoms with Gasteiger partial charge in [-0.15, -0.1) is 11.3 Å². The summed E-state index contributed by atoms with van der Waals surface area (Å²) in [7, 11) is 1.88. The molecule has 0 bridgehead atoms. The molecule has 4 heteroatoms. The van der Waals surface area contributed by atoms with E-state index < -0.39 is 0 Å². The van der Waals surface area contributed by atoms with Crippen LogP contribution in [-0.4, -0.2) is 24.4 Å². The van der Waals surface area contributed by atoms with Crippen LogP contribution >= 0.6 is 11.3 Å². The molecule has 0 spiro atoms. The molecule has 3 nitrogen and oxygen atoms in total. The Morgan fingerprint density at radius 3 is 2.95 bits per heavy atom. The van der Waals surface area contributed by atoms with Crippen molar-refractivity contribution in [2.24, 2.45) is 0 Å². The van der Waals surface area contributed by atoms with Gasteiger partial charge in [-0.1, -0.05) is 12.1 Å². The van der Waals surface area contributed by atoms with Crippen LogP contribution in [0, 0.1) is 0 Å². The van der Waals surface area contributed by atoms with Crippen LogP contribution in [0.4, 0.5) is 0 Å². The zero-order valence-corrected chi connectivity index (χ0v) is 13.2. The second-order valence-corrected chi connectivity index (χ2v) is 6.50. The molecule has 1 aromatic carbocycles. The SMILES string of the molecule is CC(c1cccs1)N(C)C(=O)c1ccc2c(c1)CNCC2. The van der Waals surface area contributed by atoms with Crippen LogP contribution in [0.3, 0.4) is 0 Å². The van der Waals surface area contributed by atoms with Crippen LogP contribution < -0.4 is 5.32 Å². The molecular formula is C17H20N2OS. The van der Waals surface area contributed by atoms with Crippen molar-refractivity contribution in [1.82, 2.24) is 10.2 Å². The van der Waals surface area contributed by atoms with Gasteiger partial charge in [0.05, 0.1) is 6.04 Å². The Morgan fingerprint density at radius 1 is 1.33 bits per heavy atom. The highest BCUT2D eigenvalue weighted by Crippen LogP contribution is 2.25. The first kappa shape index (κ1) is 14.3. The second-order valence-electron chi connectivity index (χ2n) is 5.52. The maximum Gasteiger partial charge on any atom is 0.254 e. The van der Waals surface area contributed by atoms with E-state index in [-0.39, 0.29) is 11.9 Å². The standard InChI is InChI=1S/C17H20N2OS/c1-12(16-4-3-9-21-16)19(2)17(20)14-6-5-13-7-8-18-11-15(13)10-14/h3-6,9-10,12,18H,7-8,11H2,1-2H3. The van der Waals surface area contributed by atoms with E-state index in [2.05, 4.69) is 29.8 Å². The highest BCUT2D eigenvalue weighted by molar-refractivity contribution is 7.10. The summed E-state index contributed by atoms with van der Waals surface area (Å²) in [6.07, 6.45) is 1.05. The molecule has 1 atom stereocenters. The van der Waals surface area contributed by atoms with Crippen molar-refractivity contribution in [3.63, 3.8) is 0 Å². The molecule has 1 aliphatic heterocycles. The maximum atomic E-state index is 12.7. The first-order chi connectivity index (χ1) is 10.2. The molecule has 110 valence electrons. The number of carbonyl (C=O) groups excluding carboxylic acids is 1. The van der Waals surface area contributed by atoms with Gasteiger partial charge in [-0.2, -0.15) is 0 Å². The van der Waals surface area contributed by atoms with Crippen molar-refractivity contribution < 1.29 is 4.79 Å². The fourth-order valence-electron chi connectivity index (χ4n) is 2.71. The molecule has 0 fully saturated rings. The molecule has 1 aliphatic rings. The number of fused-ring (bicyclic) bond motifs is 1. The van der Waals surface area contributed by atoms with Crippen molar-refractivity contribution in [3.05, 3.63) is 57.3 Å². The first-order valence-corrected chi connectivity index (χ1v) is 8.18. The van der Waals surface area contributed by atoms with E-state index >= 15 is 0 Å². The minimum Gasteiger partial charge on any atom is -0.334 e. The summed E-state index contributed by atoms with van der Waals surface area (Å²) in [5.41, 5.74) is 3.40. The van der Waals surface area contributed by atoms with Crippen LogP contribution in [0.15, 0.2) is 35.7 Å². The molecule has 3 rings (SSSR count). The van der Waals surface area contributed by atoms with Gasteiger partial charge in [0, 0.05) is 24.0 Å². The van der Waals surface area contributed by atoms with Gasteiger partial charge in [0.25, 0.3) is 5.91 Å². The molecule has 21 heavy (non-hydrogen) atoms. The molecular weight excluding hydrogens is 280 g/mol. The van der Waals surface area contributed by atoms with Crippen LogP contribution in [0.25, 0.3) is 0 Å². The number of nitrogens with one attached hydrogen (secondary N) is 1.